The second-order valence-electron chi connectivity index (χ2n) is 8.28. The minimum Gasteiger partial charge on any atom is -0.390 e. The molecule has 3 rings (SSSR count). The van der Waals surface area contributed by atoms with Gasteiger partial charge in [0.2, 0.25) is 0 Å². The van der Waals surface area contributed by atoms with E-state index < -0.39 is 0 Å². The number of aliphatic hydroxyl groups is 1. The molecule has 6 atom stereocenters. The molecule has 3 aliphatic carbocycles. The van der Waals surface area contributed by atoms with E-state index in [2.05, 4.69) is 20.8 Å². The molecule has 6 unspecified atom stereocenters. The Labute approximate surface area is 119 Å². The van der Waals surface area contributed by atoms with Crippen LogP contribution >= 0.6 is 0 Å². The molecule has 1 heteroatoms. The van der Waals surface area contributed by atoms with Crippen LogP contribution in [0.4, 0.5) is 0 Å². The lowest BCUT2D eigenvalue weighted by Gasteiger charge is -2.62. The molecule has 1 N–H and O–H groups in total. The molecule has 0 spiro atoms. The predicted octanol–water partition coefficient (Wildman–Crippen LogP) is 4.78. The molecule has 0 aromatic carbocycles. The van der Waals surface area contributed by atoms with E-state index >= 15 is 0 Å². The fraction of sp³-hybridized carbons (Fsp3) is 1.00. The summed E-state index contributed by atoms with van der Waals surface area (Å²) in [4.78, 5) is 0. The maximum Gasteiger partial charge on any atom is 0.0658 e. The number of hydrogen-bond donors (Lipinski definition) is 1. The fourth-order valence-corrected chi connectivity index (χ4v) is 6.38. The van der Waals surface area contributed by atoms with Crippen molar-refractivity contribution in [3.05, 3.63) is 0 Å². The van der Waals surface area contributed by atoms with Crippen LogP contribution in [0.25, 0.3) is 0 Å². The molecule has 3 aliphatic rings. The van der Waals surface area contributed by atoms with Gasteiger partial charge >= 0.3 is 0 Å². The van der Waals surface area contributed by atoms with Gasteiger partial charge in [0.1, 0.15) is 0 Å². The largest absolute Gasteiger partial charge is 0.390 e. The van der Waals surface area contributed by atoms with Crippen LogP contribution < -0.4 is 0 Å². The molecule has 0 aliphatic heterocycles. The maximum absolute atomic E-state index is 10.8. The summed E-state index contributed by atoms with van der Waals surface area (Å²) in [6.45, 7) is 7.01. The first-order valence-electron chi connectivity index (χ1n) is 8.70. The van der Waals surface area contributed by atoms with Crippen molar-refractivity contribution in [3.8, 4) is 0 Å². The van der Waals surface area contributed by atoms with Crippen LogP contribution in [0, 0.1) is 29.1 Å². The minimum atomic E-state index is -0.389. The average Bonchev–Trinajstić information content (AvgIpc) is 2.48. The van der Waals surface area contributed by atoms with Crippen molar-refractivity contribution >= 4 is 0 Å². The van der Waals surface area contributed by atoms with Crippen LogP contribution in [0.15, 0.2) is 0 Å². The predicted molar refractivity (Wildman–Crippen MR) is 79.9 cm³/mol. The van der Waals surface area contributed by atoms with Gasteiger partial charge in [0.15, 0.2) is 0 Å². The highest BCUT2D eigenvalue weighted by Gasteiger charge is 2.69. The Balaban J connectivity index is 1.82. The molecule has 0 heterocycles. The van der Waals surface area contributed by atoms with Gasteiger partial charge in [-0.15, -0.1) is 0 Å². The summed E-state index contributed by atoms with van der Waals surface area (Å²) in [7, 11) is 0. The van der Waals surface area contributed by atoms with Gasteiger partial charge in [-0.2, -0.15) is 0 Å². The normalized spacial score (nSPS) is 54.9. The standard InChI is InChI=1S/C18H32O/c1-13-12-17(2,19)16-14-10-8-6-4-5-7-9-11-15(14)18(13,16)3/h13-16,19H,4-12H2,1-3H3. The topological polar surface area (TPSA) is 20.2 Å². The zero-order chi connectivity index (χ0) is 13.7. The van der Waals surface area contributed by atoms with E-state index in [-0.39, 0.29) is 5.60 Å². The quantitative estimate of drug-likeness (QED) is 0.667. The molecule has 0 radical (unpaired) electrons. The van der Waals surface area contributed by atoms with E-state index in [0.29, 0.717) is 17.3 Å². The molecule has 0 aromatic heterocycles. The summed E-state index contributed by atoms with van der Waals surface area (Å²) < 4.78 is 0. The van der Waals surface area contributed by atoms with E-state index in [1.165, 1.54) is 51.4 Å². The summed E-state index contributed by atoms with van der Waals surface area (Å²) in [5, 5.41) is 10.8. The molecule has 3 fully saturated rings. The van der Waals surface area contributed by atoms with Crippen molar-refractivity contribution in [1.82, 2.24) is 0 Å². The molecule has 0 bridgehead atoms. The van der Waals surface area contributed by atoms with Crippen LogP contribution in [0.5, 0.6) is 0 Å². The van der Waals surface area contributed by atoms with Crippen molar-refractivity contribution in [2.75, 3.05) is 0 Å². The number of hydrogen-bond acceptors (Lipinski definition) is 1. The number of rotatable bonds is 0. The SMILES string of the molecule is CC1CC(C)(O)C2C3CCCCCCCCC3C12C. The van der Waals surface area contributed by atoms with Gasteiger partial charge in [-0.05, 0) is 55.3 Å². The first-order chi connectivity index (χ1) is 8.98. The van der Waals surface area contributed by atoms with Gasteiger partial charge < -0.3 is 5.11 Å². The monoisotopic (exact) mass is 264 g/mol. The van der Waals surface area contributed by atoms with Crippen LogP contribution in [0.2, 0.25) is 0 Å². The molecule has 0 aromatic rings. The Morgan fingerprint density at radius 3 is 2.16 bits per heavy atom. The molecule has 19 heavy (non-hydrogen) atoms. The molecule has 0 saturated heterocycles. The minimum absolute atomic E-state index is 0.389. The first kappa shape index (κ1) is 13.9. The maximum atomic E-state index is 10.8. The molecule has 1 nitrogen and oxygen atoms in total. The van der Waals surface area contributed by atoms with Gasteiger partial charge in [-0.25, -0.2) is 0 Å². The van der Waals surface area contributed by atoms with Crippen molar-refractivity contribution in [2.24, 2.45) is 29.1 Å². The fourth-order valence-electron chi connectivity index (χ4n) is 6.38. The van der Waals surface area contributed by atoms with Crippen LogP contribution in [-0.2, 0) is 0 Å². The van der Waals surface area contributed by atoms with Gasteiger partial charge in [0, 0.05) is 0 Å². The Morgan fingerprint density at radius 1 is 0.895 bits per heavy atom. The second kappa shape index (κ2) is 4.76. The third-order valence-electron chi connectivity index (χ3n) is 7.17. The molecular formula is C18H32O. The number of fused-ring (bicyclic) bond motifs is 4. The Morgan fingerprint density at radius 2 is 1.47 bits per heavy atom. The van der Waals surface area contributed by atoms with Gasteiger partial charge in [0.05, 0.1) is 5.60 Å². The Hall–Kier alpha value is -0.0400. The average molecular weight is 264 g/mol. The Bertz CT molecular complexity index is 335. The van der Waals surface area contributed by atoms with E-state index in [1.54, 1.807) is 0 Å². The summed E-state index contributed by atoms with van der Waals surface area (Å²) in [6, 6.07) is 0. The first-order valence-corrected chi connectivity index (χ1v) is 8.70. The lowest BCUT2D eigenvalue weighted by atomic mass is 9.43. The van der Waals surface area contributed by atoms with Crippen molar-refractivity contribution in [3.63, 3.8) is 0 Å². The van der Waals surface area contributed by atoms with E-state index in [4.69, 9.17) is 0 Å². The van der Waals surface area contributed by atoms with Crippen LogP contribution in [0.3, 0.4) is 0 Å². The lowest BCUT2D eigenvalue weighted by Crippen LogP contribution is -2.59. The third kappa shape index (κ3) is 1.99. The van der Waals surface area contributed by atoms with Crippen molar-refractivity contribution in [1.29, 1.82) is 0 Å². The highest BCUT2D eigenvalue weighted by molar-refractivity contribution is 5.18. The zero-order valence-electron chi connectivity index (χ0n) is 13.1. The van der Waals surface area contributed by atoms with Crippen LogP contribution in [-0.4, -0.2) is 10.7 Å². The van der Waals surface area contributed by atoms with Gasteiger partial charge in [0.25, 0.3) is 0 Å². The summed E-state index contributed by atoms with van der Waals surface area (Å²) >= 11 is 0. The zero-order valence-corrected chi connectivity index (χ0v) is 13.1. The van der Waals surface area contributed by atoms with Gasteiger partial charge in [-0.1, -0.05) is 52.4 Å². The molecule has 0 amide bonds. The molecule has 3 saturated carbocycles. The summed E-state index contributed by atoms with van der Waals surface area (Å²) in [5.74, 6) is 3.01. The van der Waals surface area contributed by atoms with Crippen molar-refractivity contribution < 1.29 is 5.11 Å². The van der Waals surface area contributed by atoms with Crippen LogP contribution in [0.1, 0.15) is 78.6 Å². The molecule has 110 valence electrons. The smallest absolute Gasteiger partial charge is 0.0658 e. The Kier molecular flexibility index (Phi) is 3.48. The van der Waals surface area contributed by atoms with E-state index in [9.17, 15) is 5.11 Å². The molecular weight excluding hydrogens is 232 g/mol. The van der Waals surface area contributed by atoms with Gasteiger partial charge in [-0.3, -0.25) is 0 Å². The highest BCUT2D eigenvalue weighted by atomic mass is 16.3. The highest BCUT2D eigenvalue weighted by Crippen LogP contribution is 2.71. The van der Waals surface area contributed by atoms with E-state index in [0.717, 1.165) is 18.3 Å². The summed E-state index contributed by atoms with van der Waals surface area (Å²) in [5.41, 5.74) is 0.0484. The van der Waals surface area contributed by atoms with Crippen molar-refractivity contribution in [2.45, 2.75) is 84.2 Å². The van der Waals surface area contributed by atoms with E-state index in [1.807, 2.05) is 0 Å². The summed E-state index contributed by atoms with van der Waals surface area (Å²) in [6.07, 6.45) is 12.4. The second-order valence-corrected chi connectivity index (χ2v) is 8.28. The lowest BCUT2D eigenvalue weighted by molar-refractivity contribution is -0.176. The third-order valence-corrected chi connectivity index (χ3v) is 7.17.